The van der Waals surface area contributed by atoms with Gasteiger partial charge in [0.2, 0.25) is 5.91 Å². The Morgan fingerprint density at radius 3 is 1.16 bits per heavy atom. The third-order valence-electron chi connectivity index (χ3n) is 15.4. The second-order valence-electron chi connectivity index (χ2n) is 24.5. The van der Waals surface area contributed by atoms with Crippen LogP contribution >= 0.6 is 7.82 Å². The van der Waals surface area contributed by atoms with E-state index < -0.39 is 26.6 Å². The smallest absolute Gasteiger partial charge is 0.268 e. The average molecular weight is 1140 g/mol. The van der Waals surface area contributed by atoms with Crippen LogP contribution in [0.15, 0.2) is 72.9 Å². The van der Waals surface area contributed by atoms with Crippen LogP contribution in [-0.2, 0) is 18.4 Å². The third-order valence-corrected chi connectivity index (χ3v) is 16.4. The summed E-state index contributed by atoms with van der Waals surface area (Å²) < 4.78 is 23.4. The zero-order chi connectivity index (χ0) is 58.4. The first-order valence-electron chi connectivity index (χ1n) is 34.3. The van der Waals surface area contributed by atoms with Crippen LogP contribution in [0.1, 0.15) is 322 Å². The lowest BCUT2D eigenvalue weighted by Crippen LogP contribution is -2.45. The molecule has 3 atom stereocenters. The Hall–Kier alpha value is -2.06. The van der Waals surface area contributed by atoms with E-state index in [0.29, 0.717) is 17.4 Å². The van der Waals surface area contributed by atoms with Crippen molar-refractivity contribution in [2.75, 3.05) is 40.9 Å². The zero-order valence-corrected chi connectivity index (χ0v) is 54.4. The van der Waals surface area contributed by atoms with Gasteiger partial charge < -0.3 is 28.8 Å². The van der Waals surface area contributed by atoms with Crippen LogP contribution in [-0.4, -0.2) is 68.5 Å². The lowest BCUT2D eigenvalue weighted by molar-refractivity contribution is -0.870. The molecule has 9 heteroatoms. The van der Waals surface area contributed by atoms with Gasteiger partial charge in [0.15, 0.2) is 0 Å². The highest BCUT2D eigenvalue weighted by Gasteiger charge is 2.23. The highest BCUT2D eigenvalue weighted by molar-refractivity contribution is 7.45. The molecule has 3 unspecified atom stereocenters. The number of quaternary nitrogens is 1. The molecule has 80 heavy (non-hydrogen) atoms. The van der Waals surface area contributed by atoms with Gasteiger partial charge in [-0.05, 0) is 70.6 Å². The molecule has 0 radical (unpaired) electrons. The normalized spacial score (nSPS) is 14.1. The van der Waals surface area contributed by atoms with Crippen molar-refractivity contribution in [3.63, 3.8) is 0 Å². The minimum atomic E-state index is -4.61. The molecule has 0 bridgehead atoms. The van der Waals surface area contributed by atoms with Crippen LogP contribution < -0.4 is 10.2 Å². The summed E-state index contributed by atoms with van der Waals surface area (Å²) in [5.74, 6) is -0.203. The van der Waals surface area contributed by atoms with Gasteiger partial charge in [0.1, 0.15) is 13.2 Å². The van der Waals surface area contributed by atoms with E-state index in [2.05, 4.69) is 79.9 Å². The number of aliphatic hydroxyl groups excluding tert-OH is 1. The Morgan fingerprint density at radius 2 is 0.775 bits per heavy atom. The van der Waals surface area contributed by atoms with E-state index in [0.717, 1.165) is 64.2 Å². The topological polar surface area (TPSA) is 108 Å². The van der Waals surface area contributed by atoms with Crippen LogP contribution in [0.2, 0.25) is 0 Å². The average Bonchev–Trinajstić information content (AvgIpc) is 3.42. The van der Waals surface area contributed by atoms with E-state index in [1.807, 2.05) is 27.2 Å². The van der Waals surface area contributed by atoms with Crippen LogP contribution in [0.25, 0.3) is 0 Å². The largest absolute Gasteiger partial charge is 0.756 e. The number of hydrogen-bond donors (Lipinski definition) is 2. The second-order valence-corrected chi connectivity index (χ2v) is 25.9. The summed E-state index contributed by atoms with van der Waals surface area (Å²) in [6.45, 7) is 4.56. The maximum absolute atomic E-state index is 13.0. The standard InChI is InChI=1S/C71H133N2O6P/c1-6-8-10-12-14-16-18-20-22-24-26-28-30-32-33-34-35-36-37-38-39-41-43-45-47-49-51-53-55-57-59-61-63-65-71(75)72-69(68-79-80(76,77)78-67-66-73(3,4)5)70(74)64-62-60-58-56-54-52-50-48-46-44-42-40-31-29-27-25-23-21-19-17-15-13-11-9-7-2/h8,10,14,16,20,22,26,28,54,56,62,64,69-70,74H,6-7,9,11-13,15,17-19,21,23-25,27,29-53,55,57-61,63,65-68H2,1-5H3,(H-,72,75,76,77)/b10-8-,16-14-,22-20-,28-26-,56-54+,64-62+. The molecular weight excluding hydrogens is 1010 g/mol. The number of carbonyl (C=O) groups is 1. The molecule has 0 heterocycles. The molecule has 0 fully saturated rings. The fraction of sp³-hybridized carbons (Fsp3) is 0.817. The highest BCUT2D eigenvalue weighted by Crippen LogP contribution is 2.38. The Morgan fingerprint density at radius 1 is 0.450 bits per heavy atom. The SMILES string of the molecule is CC/C=C\C/C=C\C/C=C\C/C=C\CCCCCCCCCCCCCCCCCCCCCCC(=O)NC(COP(=O)([O-])OCC[N+](C)(C)C)C(O)/C=C/CC/C=C/CCCCCCCCCCCCCCCCCCCCC. The Kier molecular flexibility index (Phi) is 59.9. The Balaban J connectivity index is 4.08. The molecule has 0 rings (SSSR count). The van der Waals surface area contributed by atoms with Gasteiger partial charge in [-0.25, -0.2) is 0 Å². The molecule has 1 amide bonds. The summed E-state index contributed by atoms with van der Waals surface area (Å²) >= 11 is 0. The van der Waals surface area contributed by atoms with E-state index >= 15 is 0 Å². The van der Waals surface area contributed by atoms with Crippen molar-refractivity contribution >= 4 is 13.7 Å². The minimum Gasteiger partial charge on any atom is -0.756 e. The molecule has 0 aliphatic rings. The minimum absolute atomic E-state index is 0.00657. The van der Waals surface area contributed by atoms with Gasteiger partial charge in [-0.2, -0.15) is 0 Å². The predicted octanol–water partition coefficient (Wildman–Crippen LogP) is 21.1. The van der Waals surface area contributed by atoms with E-state index in [1.54, 1.807) is 6.08 Å². The van der Waals surface area contributed by atoms with Gasteiger partial charge in [0.05, 0.1) is 39.9 Å². The van der Waals surface area contributed by atoms with E-state index in [9.17, 15) is 19.4 Å². The quantitative estimate of drug-likeness (QED) is 0.0272. The second kappa shape index (κ2) is 61.5. The van der Waals surface area contributed by atoms with Crippen molar-refractivity contribution in [1.29, 1.82) is 0 Å². The molecule has 2 N–H and O–H groups in total. The monoisotopic (exact) mass is 1140 g/mol. The van der Waals surface area contributed by atoms with Gasteiger partial charge in [0.25, 0.3) is 7.82 Å². The first-order valence-corrected chi connectivity index (χ1v) is 35.8. The Bertz CT molecular complexity index is 1530. The molecular formula is C71H133N2O6P. The number of phosphoric acid groups is 1. The molecule has 0 aliphatic carbocycles. The number of carbonyl (C=O) groups excluding carboxylic acids is 1. The van der Waals surface area contributed by atoms with E-state index in [4.69, 9.17) is 9.05 Å². The molecule has 0 saturated carbocycles. The zero-order valence-electron chi connectivity index (χ0n) is 53.5. The Labute approximate surface area is 497 Å². The van der Waals surface area contributed by atoms with Crippen molar-refractivity contribution in [2.24, 2.45) is 0 Å². The number of likely N-dealkylation sites (N-methyl/N-ethyl adjacent to an activating group) is 1. The summed E-state index contributed by atoms with van der Waals surface area (Å²) in [7, 11) is 1.25. The first-order chi connectivity index (χ1) is 39.0. The predicted molar refractivity (Wildman–Crippen MR) is 348 cm³/mol. The van der Waals surface area contributed by atoms with Crippen molar-refractivity contribution < 1.29 is 32.9 Å². The molecule has 0 aromatic rings. The van der Waals surface area contributed by atoms with Crippen LogP contribution in [0.3, 0.4) is 0 Å². The summed E-state index contributed by atoms with van der Waals surface area (Å²) in [6.07, 6.45) is 86.0. The van der Waals surface area contributed by atoms with Crippen LogP contribution in [0.5, 0.6) is 0 Å². The van der Waals surface area contributed by atoms with Crippen molar-refractivity contribution in [3.05, 3.63) is 72.9 Å². The number of aliphatic hydroxyl groups is 1. The summed E-state index contributed by atoms with van der Waals surface area (Å²) in [6, 6.07) is -0.906. The molecule has 0 aromatic carbocycles. The summed E-state index contributed by atoms with van der Waals surface area (Å²) in [5.41, 5.74) is 0. The number of unbranched alkanes of at least 4 members (excludes halogenated alkanes) is 40. The maximum atomic E-state index is 13.0. The number of amides is 1. The highest BCUT2D eigenvalue weighted by atomic mass is 31.2. The van der Waals surface area contributed by atoms with E-state index in [-0.39, 0.29) is 12.5 Å². The van der Waals surface area contributed by atoms with Crippen molar-refractivity contribution in [1.82, 2.24) is 5.32 Å². The van der Waals surface area contributed by atoms with Crippen LogP contribution in [0, 0.1) is 0 Å². The molecule has 0 aromatic heterocycles. The molecule has 0 saturated heterocycles. The van der Waals surface area contributed by atoms with Crippen LogP contribution in [0.4, 0.5) is 0 Å². The first kappa shape index (κ1) is 77.9. The van der Waals surface area contributed by atoms with Crippen molar-refractivity contribution in [2.45, 2.75) is 334 Å². The number of nitrogens with one attached hydrogen (secondary N) is 1. The number of phosphoric ester groups is 1. The molecule has 468 valence electrons. The van der Waals surface area contributed by atoms with Gasteiger partial charge in [0, 0.05) is 6.42 Å². The molecule has 0 aliphatic heterocycles. The lowest BCUT2D eigenvalue weighted by Gasteiger charge is -2.29. The number of allylic oxidation sites excluding steroid dienone is 11. The summed E-state index contributed by atoms with van der Waals surface area (Å²) in [5, 5.41) is 13.9. The van der Waals surface area contributed by atoms with Gasteiger partial charge in [-0.15, -0.1) is 0 Å². The maximum Gasteiger partial charge on any atom is 0.268 e. The van der Waals surface area contributed by atoms with Gasteiger partial charge in [-0.1, -0.05) is 318 Å². The fourth-order valence-electron chi connectivity index (χ4n) is 10.1. The van der Waals surface area contributed by atoms with Gasteiger partial charge >= 0.3 is 0 Å². The third kappa shape index (κ3) is 63.5. The van der Waals surface area contributed by atoms with Gasteiger partial charge in [-0.3, -0.25) is 9.36 Å². The molecule has 8 nitrogen and oxygen atoms in total. The number of rotatable bonds is 63. The van der Waals surface area contributed by atoms with Crippen molar-refractivity contribution in [3.8, 4) is 0 Å². The van der Waals surface area contributed by atoms with E-state index in [1.165, 1.54) is 238 Å². The molecule has 0 spiro atoms. The fourth-order valence-corrected chi connectivity index (χ4v) is 10.8. The number of hydrogen-bond acceptors (Lipinski definition) is 6. The summed E-state index contributed by atoms with van der Waals surface area (Å²) in [4.78, 5) is 25.6. The number of nitrogens with zero attached hydrogens (tertiary/aromatic N) is 1. The lowest BCUT2D eigenvalue weighted by atomic mass is 10.0.